The van der Waals surface area contributed by atoms with Gasteiger partial charge in [-0.1, -0.05) is 55.5 Å². The summed E-state index contributed by atoms with van der Waals surface area (Å²) in [6.45, 7) is 2.65. The van der Waals surface area contributed by atoms with Crippen LogP contribution < -0.4 is 10.6 Å². The third kappa shape index (κ3) is 6.08. The average Bonchev–Trinajstić information content (AvgIpc) is 2.95. The molecule has 0 bridgehead atoms. The molecule has 0 radical (unpaired) electrons. The number of hydrogen-bond acceptors (Lipinski definition) is 2. The van der Waals surface area contributed by atoms with Crippen molar-refractivity contribution >= 4 is 11.8 Å². The molecule has 0 atom stereocenters. The summed E-state index contributed by atoms with van der Waals surface area (Å²) >= 11 is 0. The first-order valence-corrected chi connectivity index (χ1v) is 10.8. The second-order valence-corrected chi connectivity index (χ2v) is 8.45. The summed E-state index contributed by atoms with van der Waals surface area (Å²) in [6, 6.07) is 8.61. The Morgan fingerprint density at radius 3 is 2.15 bits per heavy atom. The zero-order chi connectivity index (χ0) is 19.1. The van der Waals surface area contributed by atoms with E-state index in [2.05, 4.69) is 29.7 Å². The molecule has 148 valence electrons. The van der Waals surface area contributed by atoms with Gasteiger partial charge in [-0.05, 0) is 51.0 Å². The van der Waals surface area contributed by atoms with Gasteiger partial charge in [0.05, 0.1) is 0 Å². The number of benzene rings is 1. The van der Waals surface area contributed by atoms with Crippen LogP contribution in [-0.4, -0.2) is 17.9 Å². The standard InChI is InChI=1S/C23H34N2O2/c1-17-7-6-8-18(15-17)16-24-22(26)19-11-13-20(14-12-19)23(27)25-21-9-4-2-3-5-10-21/h6-8,15,19-21H,2-5,9-14,16H2,1H3,(H,24,26)(H,25,27). The molecule has 4 nitrogen and oxygen atoms in total. The third-order valence-corrected chi connectivity index (χ3v) is 6.22. The van der Waals surface area contributed by atoms with Crippen molar-refractivity contribution in [3.63, 3.8) is 0 Å². The van der Waals surface area contributed by atoms with E-state index < -0.39 is 0 Å². The lowest BCUT2D eigenvalue weighted by Crippen LogP contribution is -2.41. The van der Waals surface area contributed by atoms with Gasteiger partial charge in [0.15, 0.2) is 0 Å². The SMILES string of the molecule is Cc1cccc(CNC(=O)C2CCC(C(=O)NC3CCCCCC3)CC2)c1. The van der Waals surface area contributed by atoms with E-state index in [1.807, 2.05) is 12.1 Å². The topological polar surface area (TPSA) is 58.2 Å². The van der Waals surface area contributed by atoms with Crippen molar-refractivity contribution in [3.05, 3.63) is 35.4 Å². The molecule has 0 aliphatic heterocycles. The largest absolute Gasteiger partial charge is 0.353 e. The average molecular weight is 371 g/mol. The summed E-state index contributed by atoms with van der Waals surface area (Å²) < 4.78 is 0. The quantitative estimate of drug-likeness (QED) is 0.761. The van der Waals surface area contributed by atoms with E-state index in [0.29, 0.717) is 12.6 Å². The van der Waals surface area contributed by atoms with E-state index in [1.54, 1.807) is 0 Å². The number of carbonyl (C=O) groups is 2. The van der Waals surface area contributed by atoms with E-state index in [9.17, 15) is 9.59 Å². The highest BCUT2D eigenvalue weighted by molar-refractivity contribution is 5.81. The fraction of sp³-hybridized carbons (Fsp3) is 0.652. The Morgan fingerprint density at radius 1 is 0.889 bits per heavy atom. The lowest BCUT2D eigenvalue weighted by atomic mass is 9.81. The van der Waals surface area contributed by atoms with E-state index >= 15 is 0 Å². The van der Waals surface area contributed by atoms with Crippen molar-refractivity contribution in [1.82, 2.24) is 10.6 Å². The van der Waals surface area contributed by atoms with Crippen LogP contribution in [0.1, 0.15) is 75.3 Å². The molecule has 27 heavy (non-hydrogen) atoms. The predicted octanol–water partition coefficient (Wildman–Crippen LogP) is 4.26. The summed E-state index contributed by atoms with van der Waals surface area (Å²) in [5.74, 6) is 0.505. The molecule has 3 rings (SSSR count). The maximum Gasteiger partial charge on any atom is 0.223 e. The van der Waals surface area contributed by atoms with Crippen molar-refractivity contribution in [1.29, 1.82) is 0 Å². The molecule has 2 fully saturated rings. The van der Waals surface area contributed by atoms with Crippen LogP contribution in [0, 0.1) is 18.8 Å². The molecule has 2 amide bonds. The van der Waals surface area contributed by atoms with Gasteiger partial charge in [0.25, 0.3) is 0 Å². The van der Waals surface area contributed by atoms with Gasteiger partial charge in [-0.15, -0.1) is 0 Å². The number of amides is 2. The predicted molar refractivity (Wildman–Crippen MR) is 108 cm³/mol. The monoisotopic (exact) mass is 370 g/mol. The molecule has 1 aromatic rings. The molecule has 2 N–H and O–H groups in total. The maximum absolute atomic E-state index is 12.6. The van der Waals surface area contributed by atoms with Crippen LogP contribution in [-0.2, 0) is 16.1 Å². The van der Waals surface area contributed by atoms with Gasteiger partial charge >= 0.3 is 0 Å². The molecule has 0 spiro atoms. The van der Waals surface area contributed by atoms with Gasteiger partial charge in [0.2, 0.25) is 11.8 Å². The van der Waals surface area contributed by atoms with Crippen LogP contribution in [0.3, 0.4) is 0 Å². The Labute approximate surface area is 163 Å². The maximum atomic E-state index is 12.6. The lowest BCUT2D eigenvalue weighted by molar-refractivity contribution is -0.131. The first kappa shape index (κ1) is 19.9. The summed E-state index contributed by atoms with van der Waals surface area (Å²) in [4.78, 5) is 25.1. The number of aryl methyl sites for hydroxylation is 1. The Balaban J connectivity index is 1.39. The normalized spacial score (nSPS) is 24.0. The van der Waals surface area contributed by atoms with Crippen LogP contribution in [0.15, 0.2) is 24.3 Å². The van der Waals surface area contributed by atoms with Crippen LogP contribution >= 0.6 is 0 Å². The first-order chi connectivity index (χ1) is 13.1. The van der Waals surface area contributed by atoms with Gasteiger partial charge in [0, 0.05) is 24.4 Å². The number of rotatable bonds is 5. The van der Waals surface area contributed by atoms with E-state index in [4.69, 9.17) is 0 Å². The fourth-order valence-electron chi connectivity index (χ4n) is 4.52. The highest BCUT2D eigenvalue weighted by Crippen LogP contribution is 2.29. The van der Waals surface area contributed by atoms with Crippen LogP contribution in [0.4, 0.5) is 0 Å². The molecule has 4 heteroatoms. The highest BCUT2D eigenvalue weighted by atomic mass is 16.2. The van der Waals surface area contributed by atoms with Gasteiger partial charge in [-0.3, -0.25) is 9.59 Å². The van der Waals surface area contributed by atoms with E-state index in [-0.39, 0.29) is 23.7 Å². The molecule has 0 aromatic heterocycles. The molecular formula is C23H34N2O2. The molecule has 1 aromatic carbocycles. The van der Waals surface area contributed by atoms with Crippen LogP contribution in [0.2, 0.25) is 0 Å². The molecular weight excluding hydrogens is 336 g/mol. The fourth-order valence-corrected chi connectivity index (χ4v) is 4.52. The summed E-state index contributed by atoms with van der Waals surface area (Å²) in [6.07, 6.45) is 10.6. The second-order valence-electron chi connectivity index (χ2n) is 8.45. The minimum Gasteiger partial charge on any atom is -0.353 e. The zero-order valence-electron chi connectivity index (χ0n) is 16.6. The van der Waals surface area contributed by atoms with Gasteiger partial charge in [-0.25, -0.2) is 0 Å². The van der Waals surface area contributed by atoms with Crippen molar-refractivity contribution in [2.45, 2.75) is 83.7 Å². The lowest BCUT2D eigenvalue weighted by Gasteiger charge is -2.28. The zero-order valence-corrected chi connectivity index (χ0v) is 16.6. The van der Waals surface area contributed by atoms with Gasteiger partial charge in [0.1, 0.15) is 0 Å². The van der Waals surface area contributed by atoms with Gasteiger partial charge < -0.3 is 10.6 Å². The molecule has 0 heterocycles. The number of nitrogens with one attached hydrogen (secondary N) is 2. The van der Waals surface area contributed by atoms with E-state index in [1.165, 1.54) is 31.2 Å². The minimum absolute atomic E-state index is 0.0525. The summed E-state index contributed by atoms with van der Waals surface area (Å²) in [7, 11) is 0. The Kier molecular flexibility index (Phi) is 7.31. The molecule has 2 aliphatic carbocycles. The third-order valence-electron chi connectivity index (χ3n) is 6.22. The molecule has 2 aliphatic rings. The Bertz CT molecular complexity index is 627. The number of carbonyl (C=O) groups excluding carboxylic acids is 2. The van der Waals surface area contributed by atoms with Crippen LogP contribution in [0.25, 0.3) is 0 Å². The smallest absolute Gasteiger partial charge is 0.223 e. The molecule has 0 unspecified atom stereocenters. The Hall–Kier alpha value is -1.84. The van der Waals surface area contributed by atoms with Crippen molar-refractivity contribution in [2.75, 3.05) is 0 Å². The number of hydrogen-bond donors (Lipinski definition) is 2. The van der Waals surface area contributed by atoms with Crippen molar-refractivity contribution < 1.29 is 9.59 Å². The van der Waals surface area contributed by atoms with Crippen molar-refractivity contribution in [2.24, 2.45) is 11.8 Å². The molecule has 2 saturated carbocycles. The summed E-state index contributed by atoms with van der Waals surface area (Å²) in [5, 5.41) is 6.36. The first-order valence-electron chi connectivity index (χ1n) is 10.8. The summed E-state index contributed by atoms with van der Waals surface area (Å²) in [5.41, 5.74) is 2.35. The Morgan fingerprint density at radius 2 is 1.52 bits per heavy atom. The minimum atomic E-state index is 0.0525. The van der Waals surface area contributed by atoms with Crippen molar-refractivity contribution in [3.8, 4) is 0 Å². The second kappa shape index (κ2) is 9.91. The van der Waals surface area contributed by atoms with E-state index in [0.717, 1.165) is 44.1 Å². The van der Waals surface area contributed by atoms with Crippen LogP contribution in [0.5, 0.6) is 0 Å². The molecule has 0 saturated heterocycles. The van der Waals surface area contributed by atoms with Gasteiger partial charge in [-0.2, -0.15) is 0 Å². The highest BCUT2D eigenvalue weighted by Gasteiger charge is 2.30.